The number of pyridine rings is 1. The molecule has 1 aliphatic rings. The van der Waals surface area contributed by atoms with Gasteiger partial charge in [-0.3, -0.25) is 19.2 Å². The van der Waals surface area contributed by atoms with Crippen molar-refractivity contribution in [3.05, 3.63) is 108 Å². The minimum absolute atomic E-state index is 0.0174. The molecule has 11 nitrogen and oxygen atoms in total. The summed E-state index contributed by atoms with van der Waals surface area (Å²) in [6, 6.07) is 26.7. The summed E-state index contributed by atoms with van der Waals surface area (Å²) in [6.07, 6.45) is -0.593. The number of carboxylic acids is 1. The van der Waals surface area contributed by atoms with E-state index >= 15 is 0 Å². The minimum Gasteiger partial charge on any atom is -0.486 e. The first-order valence-corrected chi connectivity index (χ1v) is 15.3. The molecule has 5 rings (SSSR count). The summed E-state index contributed by atoms with van der Waals surface area (Å²) in [7, 11) is 0. The number of ether oxygens (including phenoxy) is 1. The van der Waals surface area contributed by atoms with E-state index in [0.29, 0.717) is 17.0 Å². The molecule has 11 heteroatoms. The Kier molecular flexibility index (Phi) is 10.2. The molecule has 1 aliphatic heterocycles. The van der Waals surface area contributed by atoms with Crippen molar-refractivity contribution in [3.8, 4) is 5.75 Å². The fourth-order valence-corrected chi connectivity index (χ4v) is 5.42. The van der Waals surface area contributed by atoms with Gasteiger partial charge in [0.05, 0.1) is 23.7 Å². The molecule has 0 aliphatic carbocycles. The summed E-state index contributed by atoms with van der Waals surface area (Å²) in [6.45, 7) is 3.38. The first-order chi connectivity index (χ1) is 22.6. The Balaban J connectivity index is 1.36. The number of ketones is 1. The van der Waals surface area contributed by atoms with Crippen molar-refractivity contribution in [3.63, 3.8) is 0 Å². The lowest BCUT2D eigenvalue weighted by molar-refractivity contribution is -0.147. The van der Waals surface area contributed by atoms with Crippen LogP contribution in [-0.4, -0.2) is 63.7 Å². The maximum atomic E-state index is 14.1. The van der Waals surface area contributed by atoms with Crippen LogP contribution in [0.3, 0.4) is 0 Å². The van der Waals surface area contributed by atoms with Gasteiger partial charge in [-0.2, -0.15) is 0 Å². The molecular formula is C36H36N4O7. The molecule has 242 valence electrons. The third-order valence-corrected chi connectivity index (χ3v) is 7.89. The smallest absolute Gasteiger partial charge is 0.305 e. The van der Waals surface area contributed by atoms with E-state index in [9.17, 15) is 24.3 Å². The highest BCUT2D eigenvalue weighted by Crippen LogP contribution is 2.32. The van der Waals surface area contributed by atoms with Crippen LogP contribution in [0.4, 0.5) is 0 Å². The van der Waals surface area contributed by atoms with Gasteiger partial charge in [-0.25, -0.2) is 4.98 Å². The zero-order valence-electron chi connectivity index (χ0n) is 26.1. The third kappa shape index (κ3) is 8.18. The summed E-state index contributed by atoms with van der Waals surface area (Å²) in [5.74, 6) is -2.71. The highest BCUT2D eigenvalue weighted by atomic mass is 16.7. The molecule has 1 unspecified atom stereocenters. The van der Waals surface area contributed by atoms with E-state index in [-0.39, 0.29) is 24.5 Å². The van der Waals surface area contributed by atoms with Crippen molar-refractivity contribution in [2.45, 2.75) is 50.8 Å². The lowest BCUT2D eigenvalue weighted by Gasteiger charge is -2.29. The molecule has 0 spiro atoms. The molecule has 2 amide bonds. The van der Waals surface area contributed by atoms with E-state index in [1.54, 1.807) is 36.4 Å². The second-order valence-corrected chi connectivity index (χ2v) is 11.8. The van der Waals surface area contributed by atoms with Crippen LogP contribution < -0.4 is 15.4 Å². The Hall–Kier alpha value is -5.58. The number of benzene rings is 3. The van der Waals surface area contributed by atoms with E-state index in [2.05, 4.69) is 20.8 Å². The molecular weight excluding hydrogens is 600 g/mol. The van der Waals surface area contributed by atoms with Crippen LogP contribution in [0.2, 0.25) is 0 Å². The normalized spacial score (nSPS) is 16.9. The van der Waals surface area contributed by atoms with Gasteiger partial charge in [0, 0.05) is 18.2 Å². The van der Waals surface area contributed by atoms with Gasteiger partial charge in [0.15, 0.2) is 5.78 Å². The summed E-state index contributed by atoms with van der Waals surface area (Å²) in [5, 5.41) is 20.4. The number of oxime groups is 1. The third-order valence-electron chi connectivity index (χ3n) is 7.89. The van der Waals surface area contributed by atoms with E-state index in [4.69, 9.17) is 9.57 Å². The van der Waals surface area contributed by atoms with Gasteiger partial charge < -0.3 is 25.3 Å². The molecule has 3 aromatic carbocycles. The molecule has 4 aromatic rings. The van der Waals surface area contributed by atoms with Crippen LogP contribution in [-0.2, 0) is 25.6 Å². The number of nitrogens with zero attached hydrogens (tertiary/aromatic N) is 2. The molecule has 3 N–H and O–H groups in total. The largest absolute Gasteiger partial charge is 0.486 e. The number of nitrogens with one attached hydrogen (secondary N) is 2. The molecule has 47 heavy (non-hydrogen) atoms. The van der Waals surface area contributed by atoms with Crippen LogP contribution in [0.25, 0.3) is 10.9 Å². The van der Waals surface area contributed by atoms with Crippen LogP contribution in [0.5, 0.6) is 5.75 Å². The van der Waals surface area contributed by atoms with E-state index < -0.39 is 54.3 Å². The fourth-order valence-electron chi connectivity index (χ4n) is 5.42. The highest BCUT2D eigenvalue weighted by Gasteiger charge is 2.49. The maximum Gasteiger partial charge on any atom is 0.305 e. The van der Waals surface area contributed by atoms with Crippen LogP contribution in [0.15, 0.2) is 102 Å². The maximum absolute atomic E-state index is 14.1. The quantitative estimate of drug-likeness (QED) is 0.184. The second-order valence-electron chi connectivity index (χ2n) is 11.8. The number of rotatable bonds is 14. The number of carboxylic acid groups (broad SMARTS) is 1. The van der Waals surface area contributed by atoms with Crippen molar-refractivity contribution >= 4 is 40.2 Å². The Morgan fingerprint density at radius 2 is 1.57 bits per heavy atom. The number of para-hydroxylation sites is 2. The van der Waals surface area contributed by atoms with Crippen molar-refractivity contribution in [1.29, 1.82) is 0 Å². The zero-order chi connectivity index (χ0) is 33.4. The number of hydrogen-bond acceptors (Lipinski definition) is 8. The molecule has 3 atom stereocenters. The molecule has 0 saturated heterocycles. The predicted molar refractivity (Wildman–Crippen MR) is 175 cm³/mol. The number of aromatic nitrogens is 1. The number of Topliss-reactive ketones (excluding diaryl/α,β-unsaturated/α-hetero) is 1. The van der Waals surface area contributed by atoms with Gasteiger partial charge >= 0.3 is 5.97 Å². The summed E-state index contributed by atoms with van der Waals surface area (Å²) in [4.78, 5) is 62.7. The molecule has 0 saturated carbocycles. The topological polar surface area (TPSA) is 156 Å². The Bertz CT molecular complexity index is 1780. The molecule has 0 bridgehead atoms. The van der Waals surface area contributed by atoms with Gasteiger partial charge in [-0.1, -0.05) is 91.8 Å². The average molecular weight is 637 g/mol. The average Bonchev–Trinajstić information content (AvgIpc) is 3.50. The van der Waals surface area contributed by atoms with Crippen LogP contribution in [0.1, 0.15) is 42.7 Å². The van der Waals surface area contributed by atoms with Gasteiger partial charge in [0.25, 0.3) is 11.8 Å². The molecule has 2 heterocycles. The van der Waals surface area contributed by atoms with E-state index in [1.807, 2.05) is 74.5 Å². The monoisotopic (exact) mass is 636 g/mol. The standard InChI is InChI=1S/C36H36N4O7/c1-23(2)33(39-34(44)28-18-17-25-13-9-10-16-27(25)37-28)30-21-36(47-40-30,20-24-11-5-3-6-12-24)35(45)38-29(19-32(42)43)31(41)22-46-26-14-7-4-8-15-26/h3-18,23,29,33H,19-22H2,1-2H3,(H,38,45)(H,39,44)(H,42,43)/t29-,33-,36?/m0/s1. The number of fused-ring (bicyclic) bond motifs is 1. The van der Waals surface area contributed by atoms with Crippen molar-refractivity contribution in [1.82, 2.24) is 15.6 Å². The van der Waals surface area contributed by atoms with Gasteiger partial charge in [-0.15, -0.1) is 0 Å². The van der Waals surface area contributed by atoms with Crippen LogP contribution in [0, 0.1) is 5.92 Å². The van der Waals surface area contributed by atoms with Crippen LogP contribution >= 0.6 is 0 Å². The highest BCUT2D eigenvalue weighted by molar-refractivity contribution is 6.03. The van der Waals surface area contributed by atoms with Gasteiger partial charge in [0.1, 0.15) is 24.1 Å². The fraction of sp³-hybridized carbons (Fsp3) is 0.278. The van der Waals surface area contributed by atoms with Crippen molar-refractivity contribution < 1.29 is 33.9 Å². The number of hydrogen-bond donors (Lipinski definition) is 3. The van der Waals surface area contributed by atoms with E-state index in [0.717, 1.165) is 10.9 Å². The van der Waals surface area contributed by atoms with Gasteiger partial charge in [0.2, 0.25) is 5.60 Å². The molecule has 0 radical (unpaired) electrons. The minimum atomic E-state index is -1.62. The SMILES string of the molecule is CC(C)[C@H](NC(=O)c1ccc2ccccc2n1)C1=NOC(Cc2ccccc2)(C(=O)N[C@@H](CC(=O)O)C(=O)COc2ccccc2)C1. The van der Waals surface area contributed by atoms with Crippen molar-refractivity contribution in [2.24, 2.45) is 11.1 Å². The van der Waals surface area contributed by atoms with Gasteiger partial charge in [-0.05, 0) is 35.7 Å². The Morgan fingerprint density at radius 1 is 0.894 bits per heavy atom. The summed E-state index contributed by atoms with van der Waals surface area (Å²) in [5.41, 5.74) is 0.482. The van der Waals surface area contributed by atoms with E-state index in [1.165, 1.54) is 0 Å². The number of amides is 2. The second kappa shape index (κ2) is 14.7. The number of carbonyl (C=O) groups excluding carboxylic acids is 3. The number of carbonyl (C=O) groups is 4. The first kappa shape index (κ1) is 32.8. The Morgan fingerprint density at radius 3 is 2.28 bits per heavy atom. The molecule has 0 fully saturated rings. The predicted octanol–water partition coefficient (Wildman–Crippen LogP) is 4.35. The summed E-state index contributed by atoms with van der Waals surface area (Å²) < 4.78 is 5.54. The van der Waals surface area contributed by atoms with Crippen molar-refractivity contribution in [2.75, 3.05) is 6.61 Å². The lowest BCUT2D eigenvalue weighted by atomic mass is 9.84. The first-order valence-electron chi connectivity index (χ1n) is 15.3. The molecule has 1 aromatic heterocycles. The zero-order valence-corrected chi connectivity index (χ0v) is 26.1. The number of aliphatic carboxylic acids is 1. The Labute approximate surface area is 272 Å². The lowest BCUT2D eigenvalue weighted by Crippen LogP contribution is -2.55. The summed E-state index contributed by atoms with van der Waals surface area (Å²) >= 11 is 0.